The molecule has 0 aliphatic heterocycles. The number of nitrogens with one attached hydrogen (secondary N) is 1. The van der Waals surface area contributed by atoms with Crippen molar-refractivity contribution in [1.82, 2.24) is 5.43 Å². The van der Waals surface area contributed by atoms with Gasteiger partial charge in [-0.2, -0.15) is 0 Å². The summed E-state index contributed by atoms with van der Waals surface area (Å²) in [6.45, 7) is 3.93. The lowest BCUT2D eigenvalue weighted by atomic mass is 10.2. The lowest BCUT2D eigenvalue weighted by Gasteiger charge is -2.09. The van der Waals surface area contributed by atoms with E-state index in [1.165, 1.54) is 9.75 Å². The molecule has 0 aliphatic carbocycles. The lowest BCUT2D eigenvalue weighted by Crippen LogP contribution is -2.26. The first-order chi connectivity index (χ1) is 6.27. The molecule has 0 aliphatic rings. The monoisotopic (exact) mass is 194 g/mol. The Labute approximate surface area is 83.1 Å². The van der Waals surface area contributed by atoms with Gasteiger partial charge in [0.1, 0.15) is 0 Å². The second kappa shape index (κ2) is 5.03. The van der Waals surface area contributed by atoms with Crippen LogP contribution >= 0.6 is 11.3 Å². The van der Waals surface area contributed by atoms with Crippen LogP contribution in [-0.2, 0) is 0 Å². The number of hydrazine groups is 1. The van der Waals surface area contributed by atoms with E-state index in [4.69, 9.17) is 5.84 Å². The van der Waals surface area contributed by atoms with Crippen LogP contribution in [0.15, 0.2) is 12.1 Å². The van der Waals surface area contributed by atoms with E-state index in [0.29, 0.717) is 0 Å². The van der Waals surface area contributed by atoms with Gasteiger partial charge in [0.2, 0.25) is 0 Å². The fraction of sp³-hybridized carbons (Fsp3) is 0.400. The van der Waals surface area contributed by atoms with Crippen molar-refractivity contribution in [3.8, 4) is 11.8 Å². The molecule has 0 saturated heterocycles. The summed E-state index contributed by atoms with van der Waals surface area (Å²) < 4.78 is 0. The molecular formula is C10H14N2S. The summed E-state index contributed by atoms with van der Waals surface area (Å²) in [5, 5.41) is 0. The van der Waals surface area contributed by atoms with E-state index in [1.807, 2.05) is 6.92 Å². The second-order valence-corrected chi connectivity index (χ2v) is 4.12. The number of aryl methyl sites for hydroxylation is 1. The van der Waals surface area contributed by atoms with Crippen LogP contribution in [0, 0.1) is 18.8 Å². The highest BCUT2D eigenvalue weighted by Crippen LogP contribution is 2.23. The largest absolute Gasteiger partial charge is 0.271 e. The van der Waals surface area contributed by atoms with Crippen molar-refractivity contribution in [2.75, 3.05) is 0 Å². The molecule has 3 N–H and O–H groups in total. The van der Waals surface area contributed by atoms with Gasteiger partial charge in [-0.1, -0.05) is 0 Å². The number of thiophene rings is 1. The molecule has 0 radical (unpaired) electrons. The number of hydrogen-bond acceptors (Lipinski definition) is 3. The maximum absolute atomic E-state index is 5.44. The zero-order valence-electron chi connectivity index (χ0n) is 7.92. The quantitative estimate of drug-likeness (QED) is 0.438. The molecule has 70 valence electrons. The van der Waals surface area contributed by atoms with Crippen molar-refractivity contribution in [2.45, 2.75) is 26.3 Å². The Balaban J connectivity index is 2.70. The molecule has 1 aromatic rings. The van der Waals surface area contributed by atoms with Crippen molar-refractivity contribution < 1.29 is 0 Å². The molecule has 3 heteroatoms. The molecule has 1 rings (SSSR count). The maximum Gasteiger partial charge on any atom is 0.0662 e. The van der Waals surface area contributed by atoms with Crippen LogP contribution in [-0.4, -0.2) is 0 Å². The molecule has 0 amide bonds. The van der Waals surface area contributed by atoms with Crippen LogP contribution in [0.3, 0.4) is 0 Å². The first-order valence-corrected chi connectivity index (χ1v) is 5.01. The molecule has 13 heavy (non-hydrogen) atoms. The molecule has 1 unspecified atom stereocenters. The molecule has 0 saturated carbocycles. The Bertz CT molecular complexity index is 319. The maximum atomic E-state index is 5.44. The Morgan fingerprint density at radius 3 is 2.85 bits per heavy atom. The summed E-state index contributed by atoms with van der Waals surface area (Å²) in [4.78, 5) is 2.56. The predicted octanol–water partition coefficient (Wildman–Crippen LogP) is 1.97. The van der Waals surface area contributed by atoms with Crippen molar-refractivity contribution >= 4 is 11.3 Å². The van der Waals surface area contributed by atoms with E-state index in [0.717, 1.165) is 6.42 Å². The van der Waals surface area contributed by atoms with E-state index < -0.39 is 0 Å². The molecule has 0 fully saturated rings. The van der Waals surface area contributed by atoms with Gasteiger partial charge in [0.25, 0.3) is 0 Å². The van der Waals surface area contributed by atoms with Crippen molar-refractivity contribution in [3.63, 3.8) is 0 Å². The van der Waals surface area contributed by atoms with Gasteiger partial charge in [-0.25, -0.2) is 0 Å². The third kappa shape index (κ3) is 2.85. The number of hydrogen-bond donors (Lipinski definition) is 2. The fourth-order valence-corrected chi connectivity index (χ4v) is 2.02. The average molecular weight is 194 g/mol. The van der Waals surface area contributed by atoms with E-state index in [1.54, 1.807) is 11.3 Å². The molecule has 0 aromatic carbocycles. The van der Waals surface area contributed by atoms with Gasteiger partial charge in [0.05, 0.1) is 6.04 Å². The number of rotatable bonds is 3. The minimum Gasteiger partial charge on any atom is -0.271 e. The third-order valence-corrected chi connectivity index (χ3v) is 2.90. The topological polar surface area (TPSA) is 38.0 Å². The van der Waals surface area contributed by atoms with Crippen LogP contribution in [0.25, 0.3) is 0 Å². The first kappa shape index (κ1) is 10.3. The molecule has 0 bridgehead atoms. The highest BCUT2D eigenvalue weighted by molar-refractivity contribution is 7.12. The first-order valence-electron chi connectivity index (χ1n) is 4.20. The summed E-state index contributed by atoms with van der Waals surface area (Å²) >= 11 is 1.76. The van der Waals surface area contributed by atoms with Crippen LogP contribution in [0.4, 0.5) is 0 Å². The summed E-state index contributed by atoms with van der Waals surface area (Å²) in [6, 6.07) is 4.37. The van der Waals surface area contributed by atoms with Crippen LogP contribution in [0.2, 0.25) is 0 Å². The van der Waals surface area contributed by atoms with E-state index in [-0.39, 0.29) is 6.04 Å². The SMILES string of the molecule is CC#CCC(NN)c1ccc(C)s1. The molecule has 0 spiro atoms. The van der Waals surface area contributed by atoms with Gasteiger partial charge in [-0.05, 0) is 26.0 Å². The Hall–Kier alpha value is -0.820. The summed E-state index contributed by atoms with van der Waals surface area (Å²) in [6.07, 6.45) is 0.771. The average Bonchev–Trinajstić information content (AvgIpc) is 2.54. The smallest absolute Gasteiger partial charge is 0.0662 e. The lowest BCUT2D eigenvalue weighted by molar-refractivity contribution is 0.577. The molecular weight excluding hydrogens is 180 g/mol. The normalized spacial score (nSPS) is 11.9. The van der Waals surface area contributed by atoms with Crippen molar-refractivity contribution in [3.05, 3.63) is 21.9 Å². The minimum absolute atomic E-state index is 0.172. The zero-order chi connectivity index (χ0) is 9.68. The molecule has 1 aromatic heterocycles. The Morgan fingerprint density at radius 1 is 1.62 bits per heavy atom. The third-order valence-electron chi connectivity index (χ3n) is 1.79. The second-order valence-electron chi connectivity index (χ2n) is 2.80. The molecule has 1 heterocycles. The summed E-state index contributed by atoms with van der Waals surface area (Å²) in [5.74, 6) is 11.3. The van der Waals surface area contributed by atoms with E-state index in [9.17, 15) is 0 Å². The predicted molar refractivity (Wildman–Crippen MR) is 57.2 cm³/mol. The van der Waals surface area contributed by atoms with Crippen LogP contribution in [0.5, 0.6) is 0 Å². The fourth-order valence-electron chi connectivity index (χ4n) is 1.09. The van der Waals surface area contributed by atoms with E-state index >= 15 is 0 Å². The molecule has 1 atom stereocenters. The Kier molecular flexibility index (Phi) is 3.97. The van der Waals surface area contributed by atoms with Gasteiger partial charge < -0.3 is 0 Å². The van der Waals surface area contributed by atoms with E-state index in [2.05, 4.69) is 36.3 Å². The van der Waals surface area contributed by atoms with Gasteiger partial charge in [-0.3, -0.25) is 11.3 Å². The summed E-state index contributed by atoms with van der Waals surface area (Å²) in [5.41, 5.74) is 2.77. The standard InChI is InChI=1S/C10H14N2S/c1-3-4-5-9(12-11)10-7-6-8(2)13-10/h6-7,9,12H,5,11H2,1-2H3. The minimum atomic E-state index is 0.172. The van der Waals surface area contributed by atoms with Crippen LogP contribution < -0.4 is 11.3 Å². The highest BCUT2D eigenvalue weighted by Gasteiger charge is 2.09. The van der Waals surface area contributed by atoms with Crippen molar-refractivity contribution in [1.29, 1.82) is 0 Å². The van der Waals surface area contributed by atoms with Gasteiger partial charge >= 0.3 is 0 Å². The van der Waals surface area contributed by atoms with Gasteiger partial charge in [0, 0.05) is 16.2 Å². The van der Waals surface area contributed by atoms with Gasteiger partial charge in [0.15, 0.2) is 0 Å². The zero-order valence-corrected chi connectivity index (χ0v) is 8.74. The highest BCUT2D eigenvalue weighted by atomic mass is 32.1. The van der Waals surface area contributed by atoms with Crippen LogP contribution in [0.1, 0.15) is 29.1 Å². The van der Waals surface area contributed by atoms with Crippen molar-refractivity contribution in [2.24, 2.45) is 5.84 Å². The van der Waals surface area contributed by atoms with Gasteiger partial charge in [-0.15, -0.1) is 23.2 Å². The number of nitrogens with two attached hydrogens (primary N) is 1. The molecule has 2 nitrogen and oxygen atoms in total. The summed E-state index contributed by atoms with van der Waals surface area (Å²) in [7, 11) is 0. The Morgan fingerprint density at radius 2 is 2.38 bits per heavy atom.